The van der Waals surface area contributed by atoms with Crippen LogP contribution in [0.4, 0.5) is 9.18 Å². The number of rotatable bonds is 5. The monoisotopic (exact) mass is 517 g/mol. The Bertz CT molecular complexity index is 1440. The summed E-state index contributed by atoms with van der Waals surface area (Å²) in [5.74, 6) is -0.831. The Morgan fingerprint density at radius 3 is 2.71 bits per heavy atom. The highest BCUT2D eigenvalue weighted by molar-refractivity contribution is 5.93. The number of nitrogens with zero attached hydrogens (tertiary/aromatic N) is 4. The molecule has 9 heteroatoms. The van der Waals surface area contributed by atoms with Gasteiger partial charge in [-0.1, -0.05) is 30.3 Å². The van der Waals surface area contributed by atoms with Gasteiger partial charge in [-0.25, -0.2) is 9.18 Å². The summed E-state index contributed by atoms with van der Waals surface area (Å²) in [4.78, 5) is 27.7. The van der Waals surface area contributed by atoms with Gasteiger partial charge in [-0.2, -0.15) is 10.4 Å². The highest BCUT2D eigenvalue weighted by Crippen LogP contribution is 2.43. The number of halogens is 1. The number of aromatic nitrogens is 2. The molecule has 1 aliphatic heterocycles. The van der Waals surface area contributed by atoms with Crippen LogP contribution in [0.3, 0.4) is 0 Å². The topological polar surface area (TPSA) is 100 Å². The van der Waals surface area contributed by atoms with Gasteiger partial charge < -0.3 is 10.1 Å². The number of likely N-dealkylation sites (tertiary alicyclic amines) is 1. The van der Waals surface area contributed by atoms with Crippen LogP contribution in [-0.4, -0.2) is 50.4 Å². The number of benzene rings is 2. The number of carbonyl (C=O) groups is 2. The summed E-state index contributed by atoms with van der Waals surface area (Å²) in [6.45, 7) is 5.36. The minimum absolute atomic E-state index is 0.00768. The summed E-state index contributed by atoms with van der Waals surface area (Å²) in [6, 6.07) is 13.0. The summed E-state index contributed by atoms with van der Waals surface area (Å²) in [7, 11) is 1.82. The van der Waals surface area contributed by atoms with Crippen LogP contribution in [0.5, 0.6) is 0 Å². The molecule has 8 nitrogen and oxygen atoms in total. The lowest BCUT2D eigenvalue weighted by Gasteiger charge is -2.35. The van der Waals surface area contributed by atoms with Crippen LogP contribution in [0.15, 0.2) is 42.5 Å². The van der Waals surface area contributed by atoms with Crippen LogP contribution in [0.1, 0.15) is 45.6 Å². The predicted octanol–water partition coefficient (Wildman–Crippen LogP) is 4.72. The third kappa shape index (κ3) is 4.83. The zero-order valence-corrected chi connectivity index (χ0v) is 22.1. The van der Waals surface area contributed by atoms with Gasteiger partial charge in [0.1, 0.15) is 23.5 Å². The lowest BCUT2D eigenvalue weighted by molar-refractivity contribution is -0.128. The highest BCUT2D eigenvalue weighted by atomic mass is 19.1. The van der Waals surface area contributed by atoms with Gasteiger partial charge in [0.05, 0.1) is 17.3 Å². The number of nitrogens with one attached hydrogen (secondary N) is 1. The average Bonchev–Trinajstić information content (AvgIpc) is 3.56. The molecule has 2 bridgehead atoms. The van der Waals surface area contributed by atoms with Crippen molar-refractivity contribution in [3.8, 4) is 17.3 Å². The number of piperidine rings is 1. The Morgan fingerprint density at radius 2 is 2.00 bits per heavy atom. The minimum Gasteiger partial charge on any atom is -0.444 e. The summed E-state index contributed by atoms with van der Waals surface area (Å²) < 4.78 is 22.5. The van der Waals surface area contributed by atoms with E-state index in [2.05, 4.69) is 16.5 Å². The van der Waals surface area contributed by atoms with Crippen LogP contribution in [0.25, 0.3) is 22.2 Å². The van der Waals surface area contributed by atoms with E-state index in [1.54, 1.807) is 37.6 Å². The number of nitriles is 1. The zero-order chi connectivity index (χ0) is 27.2. The van der Waals surface area contributed by atoms with Crippen molar-refractivity contribution in [3.05, 3.63) is 53.8 Å². The van der Waals surface area contributed by atoms with Gasteiger partial charge in [-0.15, -0.1) is 0 Å². The number of hydrogen-bond donors (Lipinski definition) is 1. The summed E-state index contributed by atoms with van der Waals surface area (Å²) in [5.41, 5.74) is 1.94. The number of carbonyl (C=O) groups excluding carboxylic acids is 2. The fraction of sp³-hybridized carbons (Fsp3) is 0.448. The van der Waals surface area contributed by atoms with E-state index >= 15 is 4.39 Å². The van der Waals surface area contributed by atoms with Crippen LogP contribution in [0.2, 0.25) is 0 Å². The molecule has 1 aromatic heterocycles. The number of fused-ring (bicyclic) bond motifs is 3. The summed E-state index contributed by atoms with van der Waals surface area (Å²) in [6.07, 6.45) is 1.92. The molecule has 2 heterocycles. The first-order valence-corrected chi connectivity index (χ1v) is 13.0. The largest absolute Gasteiger partial charge is 0.444 e. The van der Waals surface area contributed by atoms with Gasteiger partial charge >= 0.3 is 6.09 Å². The molecule has 0 spiro atoms. The maximum atomic E-state index is 15.2. The first-order chi connectivity index (χ1) is 18.1. The molecule has 0 unspecified atom stereocenters. The van der Waals surface area contributed by atoms with E-state index in [1.165, 1.54) is 11.0 Å². The second-order valence-corrected chi connectivity index (χ2v) is 11.2. The fourth-order valence-corrected chi connectivity index (χ4v) is 5.86. The van der Waals surface area contributed by atoms with Crippen molar-refractivity contribution in [2.75, 3.05) is 0 Å². The van der Waals surface area contributed by atoms with Gasteiger partial charge in [-0.05, 0) is 63.6 Å². The highest BCUT2D eigenvalue weighted by Gasteiger charge is 2.52. The second kappa shape index (κ2) is 9.75. The molecule has 3 aromatic rings. The number of aryl methyl sites for hydroxylation is 1. The second-order valence-electron chi connectivity index (χ2n) is 11.2. The predicted molar refractivity (Wildman–Crippen MR) is 140 cm³/mol. The van der Waals surface area contributed by atoms with Crippen molar-refractivity contribution in [3.63, 3.8) is 0 Å². The van der Waals surface area contributed by atoms with Gasteiger partial charge in [-0.3, -0.25) is 14.4 Å². The summed E-state index contributed by atoms with van der Waals surface area (Å²) in [5, 5.41) is 18.0. The molecular formula is C29H32FN5O3. The molecule has 38 heavy (non-hydrogen) atoms. The third-order valence-corrected chi connectivity index (χ3v) is 7.42. The molecule has 0 radical (unpaired) electrons. The SMILES string of the molecule is Cn1nc2ccccc2c1-c1ccc(C[C@@H](C#N)NC(=O)[C@@H]2[C@H]3CC[C@H](C3)N2C(=O)OC(C)(C)C)c(F)c1. The van der Waals surface area contributed by atoms with Crippen molar-refractivity contribution in [1.82, 2.24) is 20.0 Å². The smallest absolute Gasteiger partial charge is 0.411 e. The van der Waals surface area contributed by atoms with Gasteiger partial charge in [0.15, 0.2) is 0 Å². The molecule has 198 valence electrons. The molecule has 2 fully saturated rings. The van der Waals surface area contributed by atoms with Crippen molar-refractivity contribution in [2.24, 2.45) is 13.0 Å². The number of hydrogen-bond acceptors (Lipinski definition) is 5. The molecule has 1 saturated heterocycles. The maximum Gasteiger partial charge on any atom is 0.411 e. The number of amides is 2. The van der Waals surface area contributed by atoms with Gasteiger partial charge in [0, 0.05) is 30.5 Å². The fourth-order valence-electron chi connectivity index (χ4n) is 5.86. The molecule has 2 aliphatic rings. The van der Waals surface area contributed by atoms with E-state index in [9.17, 15) is 14.9 Å². The molecule has 4 atom stereocenters. The molecule has 2 aromatic carbocycles. The normalized spacial score (nSPS) is 21.4. The third-order valence-electron chi connectivity index (χ3n) is 7.42. The van der Waals surface area contributed by atoms with E-state index in [4.69, 9.17) is 4.74 Å². The van der Waals surface area contributed by atoms with Gasteiger partial charge in [0.25, 0.3) is 0 Å². The van der Waals surface area contributed by atoms with Crippen molar-refractivity contribution >= 4 is 22.9 Å². The van der Waals surface area contributed by atoms with Gasteiger partial charge in [0.2, 0.25) is 5.91 Å². The lowest BCUT2D eigenvalue weighted by Crippen LogP contribution is -2.55. The molecule has 5 rings (SSSR count). The van der Waals surface area contributed by atoms with E-state index in [0.717, 1.165) is 35.9 Å². The molecule has 1 N–H and O–H groups in total. The Morgan fingerprint density at radius 1 is 1.24 bits per heavy atom. The first-order valence-electron chi connectivity index (χ1n) is 13.0. The zero-order valence-electron chi connectivity index (χ0n) is 22.1. The minimum atomic E-state index is -0.944. The van der Waals surface area contributed by atoms with E-state index in [-0.39, 0.29) is 18.4 Å². The Labute approximate surface area is 221 Å². The Kier molecular flexibility index (Phi) is 6.59. The molecular weight excluding hydrogens is 485 g/mol. The molecule has 2 amide bonds. The van der Waals surface area contributed by atoms with Crippen LogP contribution < -0.4 is 5.32 Å². The summed E-state index contributed by atoms with van der Waals surface area (Å²) >= 11 is 0. The standard InChI is InChI=1S/C29H32FN5O3/c1-29(2,3)38-28(37)35-21-12-11-18(14-21)26(35)27(36)32-20(16-31)13-17-9-10-19(15-23(17)30)25-22-7-5-6-8-24(22)33-34(25)4/h5-10,15,18,20-21,26H,11-14H2,1-4H3,(H,32,36)/t18-,20-,21+,26-/m0/s1. The van der Waals surface area contributed by atoms with Crippen molar-refractivity contribution < 1.29 is 18.7 Å². The maximum absolute atomic E-state index is 15.2. The molecule has 1 saturated carbocycles. The van der Waals surface area contributed by atoms with Crippen molar-refractivity contribution in [2.45, 2.75) is 70.2 Å². The van der Waals surface area contributed by atoms with Crippen molar-refractivity contribution in [1.29, 1.82) is 5.26 Å². The Hall–Kier alpha value is -3.93. The quantitative estimate of drug-likeness (QED) is 0.528. The lowest BCUT2D eigenvalue weighted by atomic mass is 9.97. The van der Waals surface area contributed by atoms with E-state index in [0.29, 0.717) is 11.1 Å². The molecule has 1 aliphatic carbocycles. The van der Waals surface area contributed by atoms with Crippen LogP contribution >= 0.6 is 0 Å². The van der Waals surface area contributed by atoms with E-state index < -0.39 is 35.5 Å². The first kappa shape index (κ1) is 25.7. The Balaban J connectivity index is 1.31. The van der Waals surface area contributed by atoms with E-state index in [1.807, 2.05) is 31.3 Å². The van der Waals surface area contributed by atoms with Crippen LogP contribution in [-0.2, 0) is 23.0 Å². The average molecular weight is 518 g/mol. The number of ether oxygens (including phenoxy) is 1. The van der Waals surface area contributed by atoms with Crippen LogP contribution in [0, 0.1) is 23.1 Å².